The summed E-state index contributed by atoms with van der Waals surface area (Å²) < 4.78 is 0. The molecule has 0 fully saturated rings. The van der Waals surface area contributed by atoms with E-state index in [0.717, 1.165) is 33.1 Å². The van der Waals surface area contributed by atoms with Gasteiger partial charge in [-0.15, -0.1) is 0 Å². The van der Waals surface area contributed by atoms with Crippen molar-refractivity contribution in [1.82, 2.24) is 4.98 Å². The minimum Gasteiger partial charge on any atom is -0.398 e. The van der Waals surface area contributed by atoms with E-state index >= 15 is 0 Å². The minimum atomic E-state index is 0.799. The molecular formula is C14H12N2. The number of fused-ring (bicyclic) bond motifs is 2. The third-order valence-corrected chi connectivity index (χ3v) is 2.81. The molecule has 0 spiro atoms. The highest BCUT2D eigenvalue weighted by atomic mass is 14.7. The molecule has 2 heteroatoms. The number of hydrogen-bond acceptors (Lipinski definition) is 2. The molecule has 0 aliphatic carbocycles. The molecule has 0 aliphatic rings. The molecule has 0 aliphatic heterocycles. The van der Waals surface area contributed by atoms with Crippen LogP contribution in [0.25, 0.3) is 21.8 Å². The van der Waals surface area contributed by atoms with Gasteiger partial charge < -0.3 is 5.73 Å². The van der Waals surface area contributed by atoms with E-state index in [1.165, 1.54) is 0 Å². The van der Waals surface area contributed by atoms with E-state index in [1.54, 1.807) is 0 Å². The number of hydrogen-bond donors (Lipinski definition) is 1. The number of nitrogen functional groups attached to an aromatic ring is 1. The van der Waals surface area contributed by atoms with Gasteiger partial charge in [-0.1, -0.05) is 18.2 Å². The van der Waals surface area contributed by atoms with E-state index < -0.39 is 0 Å². The number of nitrogens with two attached hydrogens (primary N) is 1. The molecule has 0 atom stereocenters. The van der Waals surface area contributed by atoms with E-state index in [4.69, 9.17) is 5.73 Å². The summed E-state index contributed by atoms with van der Waals surface area (Å²) in [6, 6.07) is 14.2. The third-order valence-electron chi connectivity index (χ3n) is 2.81. The van der Waals surface area contributed by atoms with Gasteiger partial charge in [0.1, 0.15) is 0 Å². The van der Waals surface area contributed by atoms with Crippen molar-refractivity contribution in [1.29, 1.82) is 0 Å². The lowest BCUT2D eigenvalue weighted by Crippen LogP contribution is -1.91. The normalized spacial score (nSPS) is 11.1. The van der Waals surface area contributed by atoms with Crippen molar-refractivity contribution < 1.29 is 0 Å². The van der Waals surface area contributed by atoms with Crippen LogP contribution in [0.4, 0.5) is 5.69 Å². The Morgan fingerprint density at radius 3 is 2.69 bits per heavy atom. The maximum atomic E-state index is 6.01. The van der Waals surface area contributed by atoms with Crippen molar-refractivity contribution >= 4 is 27.5 Å². The first kappa shape index (κ1) is 9.16. The van der Waals surface area contributed by atoms with Crippen LogP contribution >= 0.6 is 0 Å². The van der Waals surface area contributed by atoms with Gasteiger partial charge in [-0.25, -0.2) is 4.98 Å². The molecule has 16 heavy (non-hydrogen) atoms. The molecule has 2 aromatic carbocycles. The minimum absolute atomic E-state index is 0.799. The van der Waals surface area contributed by atoms with Crippen molar-refractivity contribution in [2.75, 3.05) is 5.73 Å². The molecule has 1 heterocycles. The summed E-state index contributed by atoms with van der Waals surface area (Å²) in [5, 5.41) is 2.16. The summed E-state index contributed by atoms with van der Waals surface area (Å²) in [4.78, 5) is 4.62. The molecule has 0 amide bonds. The SMILES string of the molecule is Cc1cc(N)c2cc3ccccc3nc2c1. The Labute approximate surface area is 93.7 Å². The zero-order chi connectivity index (χ0) is 11.1. The van der Waals surface area contributed by atoms with Gasteiger partial charge in [0.15, 0.2) is 0 Å². The lowest BCUT2D eigenvalue weighted by Gasteiger charge is -2.05. The van der Waals surface area contributed by atoms with Crippen LogP contribution in [0.1, 0.15) is 5.56 Å². The van der Waals surface area contributed by atoms with Crippen LogP contribution in [-0.2, 0) is 0 Å². The number of aryl methyl sites for hydroxylation is 1. The third kappa shape index (κ3) is 1.31. The lowest BCUT2D eigenvalue weighted by atomic mass is 10.1. The molecule has 0 saturated carbocycles. The van der Waals surface area contributed by atoms with Gasteiger partial charge in [0.05, 0.1) is 11.0 Å². The fraction of sp³-hybridized carbons (Fsp3) is 0.0714. The average molecular weight is 208 g/mol. The van der Waals surface area contributed by atoms with Crippen molar-refractivity contribution in [3.63, 3.8) is 0 Å². The molecule has 2 nitrogen and oxygen atoms in total. The zero-order valence-corrected chi connectivity index (χ0v) is 9.07. The summed E-state index contributed by atoms with van der Waals surface area (Å²) in [5.74, 6) is 0. The molecule has 0 radical (unpaired) electrons. The number of anilines is 1. The summed E-state index contributed by atoms with van der Waals surface area (Å²) in [6.07, 6.45) is 0. The predicted octanol–water partition coefficient (Wildman–Crippen LogP) is 3.28. The predicted molar refractivity (Wildman–Crippen MR) is 68.4 cm³/mol. The quantitative estimate of drug-likeness (QED) is 0.455. The van der Waals surface area contributed by atoms with Gasteiger partial charge in [0.25, 0.3) is 0 Å². The molecule has 3 aromatic rings. The Balaban J connectivity index is 2.51. The van der Waals surface area contributed by atoms with Gasteiger partial charge in [-0.2, -0.15) is 0 Å². The van der Waals surface area contributed by atoms with Crippen molar-refractivity contribution in [2.45, 2.75) is 6.92 Å². The molecule has 0 bridgehead atoms. The van der Waals surface area contributed by atoms with Gasteiger partial charge in [0.2, 0.25) is 0 Å². The highest BCUT2D eigenvalue weighted by Gasteiger charge is 2.02. The zero-order valence-electron chi connectivity index (χ0n) is 9.07. The topological polar surface area (TPSA) is 38.9 Å². The monoisotopic (exact) mass is 208 g/mol. The summed E-state index contributed by atoms with van der Waals surface area (Å²) in [7, 11) is 0. The highest BCUT2D eigenvalue weighted by molar-refractivity contribution is 5.98. The van der Waals surface area contributed by atoms with E-state index in [2.05, 4.69) is 23.2 Å². The largest absolute Gasteiger partial charge is 0.398 e. The van der Waals surface area contributed by atoms with Crippen LogP contribution in [0.3, 0.4) is 0 Å². The Bertz CT molecular complexity index is 687. The highest BCUT2D eigenvalue weighted by Crippen LogP contribution is 2.25. The Kier molecular flexibility index (Phi) is 1.83. The van der Waals surface area contributed by atoms with E-state index in [1.807, 2.05) is 31.2 Å². The first-order valence-corrected chi connectivity index (χ1v) is 5.30. The molecular weight excluding hydrogens is 196 g/mol. The second kappa shape index (κ2) is 3.20. The van der Waals surface area contributed by atoms with E-state index in [-0.39, 0.29) is 0 Å². The van der Waals surface area contributed by atoms with Crippen LogP contribution in [0, 0.1) is 6.92 Å². The van der Waals surface area contributed by atoms with Crippen molar-refractivity contribution in [3.05, 3.63) is 48.0 Å². The van der Waals surface area contributed by atoms with Crippen molar-refractivity contribution in [2.24, 2.45) is 0 Å². The lowest BCUT2D eigenvalue weighted by molar-refractivity contribution is 1.44. The first-order chi connectivity index (χ1) is 7.74. The van der Waals surface area contributed by atoms with Crippen LogP contribution in [-0.4, -0.2) is 4.98 Å². The summed E-state index contributed by atoms with van der Waals surface area (Å²) in [6.45, 7) is 2.03. The number of benzene rings is 2. The standard InChI is InChI=1S/C14H12N2/c1-9-6-12(15)11-8-10-4-2-3-5-13(10)16-14(11)7-9/h2-8H,15H2,1H3. The second-order valence-electron chi connectivity index (χ2n) is 4.10. The van der Waals surface area contributed by atoms with Crippen LogP contribution in [0.2, 0.25) is 0 Å². The van der Waals surface area contributed by atoms with Crippen LogP contribution in [0.15, 0.2) is 42.5 Å². The number of nitrogens with zero attached hydrogens (tertiary/aromatic N) is 1. The molecule has 78 valence electrons. The van der Waals surface area contributed by atoms with Gasteiger partial charge in [-0.05, 0) is 36.8 Å². The number of rotatable bonds is 0. The molecule has 2 N–H and O–H groups in total. The summed E-state index contributed by atoms with van der Waals surface area (Å²) in [5.41, 5.74) is 9.94. The Hall–Kier alpha value is -2.09. The molecule has 0 unspecified atom stereocenters. The first-order valence-electron chi connectivity index (χ1n) is 5.30. The fourth-order valence-corrected chi connectivity index (χ4v) is 2.05. The van der Waals surface area contributed by atoms with E-state index in [9.17, 15) is 0 Å². The molecule has 0 saturated heterocycles. The maximum Gasteiger partial charge on any atom is 0.0733 e. The number of pyridine rings is 1. The molecule has 3 rings (SSSR count). The van der Waals surface area contributed by atoms with E-state index in [0.29, 0.717) is 0 Å². The number of para-hydroxylation sites is 1. The second-order valence-corrected chi connectivity index (χ2v) is 4.10. The van der Waals surface area contributed by atoms with Gasteiger partial charge in [-0.3, -0.25) is 0 Å². The smallest absolute Gasteiger partial charge is 0.0733 e. The Morgan fingerprint density at radius 1 is 1.00 bits per heavy atom. The summed E-state index contributed by atoms with van der Waals surface area (Å²) >= 11 is 0. The van der Waals surface area contributed by atoms with Crippen LogP contribution in [0.5, 0.6) is 0 Å². The molecule has 1 aromatic heterocycles. The van der Waals surface area contributed by atoms with Crippen LogP contribution < -0.4 is 5.73 Å². The Morgan fingerprint density at radius 2 is 1.81 bits per heavy atom. The van der Waals surface area contributed by atoms with Crippen molar-refractivity contribution in [3.8, 4) is 0 Å². The van der Waals surface area contributed by atoms with Gasteiger partial charge in [0, 0.05) is 16.5 Å². The number of aromatic nitrogens is 1. The average Bonchev–Trinajstić information content (AvgIpc) is 2.27. The van der Waals surface area contributed by atoms with Gasteiger partial charge >= 0.3 is 0 Å². The fourth-order valence-electron chi connectivity index (χ4n) is 2.05. The maximum absolute atomic E-state index is 6.01.